The van der Waals surface area contributed by atoms with E-state index in [2.05, 4.69) is 11.3 Å². The molecule has 0 saturated carbocycles. The number of alkyl halides is 3. The lowest BCUT2D eigenvalue weighted by Gasteiger charge is -2.16. The van der Waals surface area contributed by atoms with Gasteiger partial charge in [0, 0.05) is 5.56 Å². The monoisotopic (exact) mass is 347 g/mol. The van der Waals surface area contributed by atoms with Crippen LogP contribution in [0.1, 0.15) is 58.1 Å². The molecule has 1 aromatic carbocycles. The minimum absolute atomic E-state index is 0.0469. The first-order valence-electron chi connectivity index (χ1n) is 7.73. The zero-order valence-electron chi connectivity index (χ0n) is 14.0. The molecule has 23 heavy (non-hydrogen) atoms. The van der Waals surface area contributed by atoms with Crippen LogP contribution in [0.5, 0.6) is 0 Å². The molecule has 0 aliphatic carbocycles. The van der Waals surface area contributed by atoms with E-state index in [-0.39, 0.29) is 5.56 Å². The van der Waals surface area contributed by atoms with Gasteiger partial charge in [-0.2, -0.15) is 17.6 Å². The van der Waals surface area contributed by atoms with Gasteiger partial charge in [-0.05, 0) is 39.2 Å². The summed E-state index contributed by atoms with van der Waals surface area (Å²) in [5.74, 6) is 0. The standard InChI is InChI=1S/C17H24F3NOS/c1-5-6-7-8-13-9-11-14(12-10-13)15(17(18,19)20)21-23(22)16(2,3)4/h9-12H,5-8H2,1-4H3/t23-/m0/s1. The molecule has 0 radical (unpaired) electrons. The fourth-order valence-corrected chi connectivity index (χ4v) is 2.54. The van der Waals surface area contributed by atoms with Crippen LogP contribution in [0.3, 0.4) is 0 Å². The number of nitrogens with zero attached hydrogens (tertiary/aromatic N) is 1. The Kier molecular flexibility index (Phi) is 6.99. The van der Waals surface area contributed by atoms with Gasteiger partial charge in [0.1, 0.15) is 11.0 Å². The molecule has 6 heteroatoms. The molecular formula is C17H24F3NOS. The van der Waals surface area contributed by atoms with E-state index in [1.807, 2.05) is 0 Å². The van der Waals surface area contributed by atoms with E-state index in [4.69, 9.17) is 0 Å². The number of aryl methyl sites for hydroxylation is 1. The number of halogens is 3. The van der Waals surface area contributed by atoms with Crippen molar-refractivity contribution in [3.05, 3.63) is 35.4 Å². The molecule has 1 rings (SSSR count). The van der Waals surface area contributed by atoms with Gasteiger partial charge in [-0.25, -0.2) is 4.21 Å². The van der Waals surface area contributed by atoms with E-state index in [0.717, 1.165) is 31.2 Å². The van der Waals surface area contributed by atoms with Crippen LogP contribution in [0.2, 0.25) is 0 Å². The van der Waals surface area contributed by atoms with Crippen molar-refractivity contribution in [2.75, 3.05) is 0 Å². The second-order valence-electron chi connectivity index (χ2n) is 6.45. The Morgan fingerprint density at radius 3 is 2.09 bits per heavy atom. The zero-order chi connectivity index (χ0) is 17.7. The van der Waals surface area contributed by atoms with Crippen molar-refractivity contribution in [3.63, 3.8) is 0 Å². The van der Waals surface area contributed by atoms with Gasteiger partial charge in [0.15, 0.2) is 5.71 Å². The first-order chi connectivity index (χ1) is 10.6. The lowest BCUT2D eigenvalue weighted by molar-refractivity contribution is -0.0578. The van der Waals surface area contributed by atoms with Gasteiger partial charge in [0.2, 0.25) is 0 Å². The van der Waals surface area contributed by atoms with Crippen molar-refractivity contribution in [1.82, 2.24) is 0 Å². The zero-order valence-corrected chi connectivity index (χ0v) is 14.9. The highest BCUT2D eigenvalue weighted by molar-refractivity contribution is 7.85. The average Bonchev–Trinajstić information content (AvgIpc) is 2.43. The third-order valence-corrected chi connectivity index (χ3v) is 4.66. The van der Waals surface area contributed by atoms with Crippen molar-refractivity contribution in [1.29, 1.82) is 0 Å². The van der Waals surface area contributed by atoms with Gasteiger partial charge in [-0.1, -0.05) is 44.0 Å². The highest BCUT2D eigenvalue weighted by Crippen LogP contribution is 2.25. The van der Waals surface area contributed by atoms with Gasteiger partial charge in [0.05, 0.1) is 4.75 Å². The highest BCUT2D eigenvalue weighted by Gasteiger charge is 2.38. The predicted octanol–water partition coefficient (Wildman–Crippen LogP) is 5.23. The van der Waals surface area contributed by atoms with E-state index in [9.17, 15) is 17.4 Å². The second-order valence-corrected chi connectivity index (χ2v) is 8.36. The molecule has 0 aliphatic heterocycles. The second kappa shape index (κ2) is 8.08. The fourth-order valence-electron chi connectivity index (χ4n) is 1.90. The smallest absolute Gasteiger partial charge is 0.234 e. The quantitative estimate of drug-likeness (QED) is 0.511. The van der Waals surface area contributed by atoms with Crippen molar-refractivity contribution < 1.29 is 17.4 Å². The summed E-state index contributed by atoms with van der Waals surface area (Å²) in [7, 11) is -1.96. The normalized spacial score (nSPS) is 14.8. The molecule has 0 aromatic heterocycles. The Morgan fingerprint density at radius 2 is 1.65 bits per heavy atom. The van der Waals surface area contributed by atoms with E-state index < -0.39 is 27.6 Å². The van der Waals surface area contributed by atoms with Gasteiger partial charge in [-0.15, -0.1) is 0 Å². The SMILES string of the molecule is CCCCCc1ccc(C(=N[S@@](=O)C(C)(C)C)C(F)(F)F)cc1. The third kappa shape index (κ3) is 6.45. The summed E-state index contributed by atoms with van der Waals surface area (Å²) < 4.78 is 54.3. The summed E-state index contributed by atoms with van der Waals surface area (Å²) in [5, 5.41) is 0. The van der Waals surface area contributed by atoms with E-state index in [1.54, 1.807) is 32.9 Å². The average molecular weight is 347 g/mol. The Bertz CT molecular complexity index is 557. The molecule has 1 aromatic rings. The van der Waals surface area contributed by atoms with Crippen LogP contribution in [0, 0.1) is 0 Å². The Balaban J connectivity index is 3.05. The van der Waals surface area contributed by atoms with Crippen molar-refractivity contribution in [3.8, 4) is 0 Å². The minimum atomic E-state index is -4.63. The molecule has 1 atom stereocenters. The number of unbranched alkanes of at least 4 members (excludes halogenated alkanes) is 2. The van der Waals surface area contributed by atoms with Gasteiger partial charge >= 0.3 is 6.18 Å². The van der Waals surface area contributed by atoms with Crippen molar-refractivity contribution in [2.24, 2.45) is 4.40 Å². The lowest BCUT2D eigenvalue weighted by atomic mass is 10.0. The molecule has 0 unspecified atom stereocenters. The molecule has 0 spiro atoms. The molecular weight excluding hydrogens is 323 g/mol. The van der Waals surface area contributed by atoms with Crippen LogP contribution < -0.4 is 0 Å². The molecule has 130 valence electrons. The summed E-state index contributed by atoms with van der Waals surface area (Å²) in [6.07, 6.45) is -0.571. The maximum absolute atomic E-state index is 13.2. The van der Waals surface area contributed by atoms with Crippen LogP contribution in [0.4, 0.5) is 13.2 Å². The molecule has 2 nitrogen and oxygen atoms in total. The van der Waals surface area contributed by atoms with Crippen LogP contribution in [-0.2, 0) is 17.4 Å². The summed E-state index contributed by atoms with van der Waals surface area (Å²) in [6.45, 7) is 6.89. The maximum atomic E-state index is 13.2. The topological polar surface area (TPSA) is 29.4 Å². The van der Waals surface area contributed by atoms with Crippen LogP contribution in [-0.4, -0.2) is 20.8 Å². The van der Waals surface area contributed by atoms with Crippen LogP contribution in [0.25, 0.3) is 0 Å². The lowest BCUT2D eigenvalue weighted by Crippen LogP contribution is -2.28. The summed E-state index contributed by atoms with van der Waals surface area (Å²) in [4.78, 5) is 0. The Labute approximate surface area is 138 Å². The Hall–Kier alpha value is -1.17. The fraction of sp³-hybridized carbons (Fsp3) is 0.588. The molecule has 0 N–H and O–H groups in total. The summed E-state index contributed by atoms with van der Waals surface area (Å²) in [6, 6.07) is 6.19. The van der Waals surface area contributed by atoms with E-state index in [1.165, 1.54) is 12.1 Å². The number of benzene rings is 1. The van der Waals surface area contributed by atoms with Crippen LogP contribution >= 0.6 is 0 Å². The van der Waals surface area contributed by atoms with Crippen LogP contribution in [0.15, 0.2) is 28.7 Å². The van der Waals surface area contributed by atoms with E-state index in [0.29, 0.717) is 0 Å². The maximum Gasteiger partial charge on any atom is 0.434 e. The first kappa shape index (κ1) is 19.9. The summed E-state index contributed by atoms with van der Waals surface area (Å²) >= 11 is 0. The minimum Gasteiger partial charge on any atom is -0.234 e. The predicted molar refractivity (Wildman–Crippen MR) is 90.2 cm³/mol. The molecule has 0 amide bonds. The molecule has 0 aliphatic rings. The number of hydrogen-bond acceptors (Lipinski definition) is 1. The van der Waals surface area contributed by atoms with Crippen molar-refractivity contribution in [2.45, 2.75) is 64.3 Å². The van der Waals surface area contributed by atoms with Gasteiger partial charge < -0.3 is 0 Å². The highest BCUT2D eigenvalue weighted by atomic mass is 32.2. The van der Waals surface area contributed by atoms with Gasteiger partial charge in [-0.3, -0.25) is 0 Å². The molecule has 0 heterocycles. The first-order valence-corrected chi connectivity index (χ1v) is 8.83. The van der Waals surface area contributed by atoms with Gasteiger partial charge in [0.25, 0.3) is 0 Å². The largest absolute Gasteiger partial charge is 0.434 e. The Morgan fingerprint density at radius 1 is 1.09 bits per heavy atom. The number of hydrogen-bond donors (Lipinski definition) is 0. The summed E-state index contributed by atoms with van der Waals surface area (Å²) in [5.41, 5.74) is -0.124. The van der Waals surface area contributed by atoms with Crippen molar-refractivity contribution >= 4 is 16.7 Å². The molecule has 0 fully saturated rings. The third-order valence-electron chi connectivity index (χ3n) is 3.26. The molecule has 0 saturated heterocycles. The van der Waals surface area contributed by atoms with E-state index >= 15 is 0 Å². The molecule has 0 bridgehead atoms. The number of rotatable bonds is 6.